The molecular weight excluding hydrogens is 224 g/mol. The molecule has 1 rings (SSSR count). The first-order chi connectivity index (χ1) is 7.72. The number of carbonyl (C=O) groups is 1. The summed E-state index contributed by atoms with van der Waals surface area (Å²) in [7, 11) is 0. The van der Waals surface area contributed by atoms with Gasteiger partial charge in [0.25, 0.3) is 0 Å². The quantitative estimate of drug-likeness (QED) is 0.574. The molecule has 16 heavy (non-hydrogen) atoms. The van der Waals surface area contributed by atoms with E-state index in [0.717, 1.165) is 38.2 Å². The molecule has 3 nitrogen and oxygen atoms in total. The van der Waals surface area contributed by atoms with E-state index in [-0.39, 0.29) is 5.91 Å². The average molecular weight is 247 g/mol. The number of unbranched alkanes of at least 4 members (excludes halogenated alkanes) is 2. The number of halogens is 1. The maximum Gasteiger partial charge on any atom is 0.217 e. The number of likely N-dealkylation sites (tertiary alicyclic amines) is 1. The zero-order chi connectivity index (χ0) is 11.8. The van der Waals surface area contributed by atoms with Gasteiger partial charge >= 0.3 is 0 Å². The van der Waals surface area contributed by atoms with Crippen LogP contribution in [0.4, 0.5) is 0 Å². The first-order valence-electron chi connectivity index (χ1n) is 6.28. The van der Waals surface area contributed by atoms with Crippen molar-refractivity contribution in [3.05, 3.63) is 0 Å². The van der Waals surface area contributed by atoms with Gasteiger partial charge in [-0.05, 0) is 32.2 Å². The molecule has 0 aliphatic carbocycles. The minimum Gasteiger partial charge on any atom is -0.354 e. The van der Waals surface area contributed by atoms with Gasteiger partial charge in [0.1, 0.15) is 0 Å². The van der Waals surface area contributed by atoms with Crippen molar-refractivity contribution in [2.24, 2.45) is 0 Å². The third kappa shape index (κ3) is 5.71. The lowest BCUT2D eigenvalue weighted by atomic mass is 10.0. The summed E-state index contributed by atoms with van der Waals surface area (Å²) in [5, 5.41) is 3.00. The Kier molecular flexibility index (Phi) is 6.81. The summed E-state index contributed by atoms with van der Waals surface area (Å²) in [6, 6.07) is 0.400. The second-order valence-corrected chi connectivity index (χ2v) is 4.94. The molecule has 0 aromatic heterocycles. The minimum absolute atomic E-state index is 0.0977. The van der Waals surface area contributed by atoms with Gasteiger partial charge in [-0.3, -0.25) is 4.79 Å². The van der Waals surface area contributed by atoms with Gasteiger partial charge in [0.05, 0.1) is 0 Å². The molecule has 1 heterocycles. The van der Waals surface area contributed by atoms with Gasteiger partial charge in [0, 0.05) is 31.9 Å². The molecule has 94 valence electrons. The van der Waals surface area contributed by atoms with E-state index in [2.05, 4.69) is 10.2 Å². The van der Waals surface area contributed by atoms with Crippen molar-refractivity contribution in [2.45, 2.75) is 45.1 Å². The van der Waals surface area contributed by atoms with Crippen molar-refractivity contribution >= 4 is 17.5 Å². The SMILES string of the molecule is CC(=O)NC1CCN(CCCCCCl)CC1. The van der Waals surface area contributed by atoms with Crippen LogP contribution in [-0.4, -0.2) is 42.4 Å². The Morgan fingerprint density at radius 3 is 2.56 bits per heavy atom. The highest BCUT2D eigenvalue weighted by atomic mass is 35.5. The molecule has 1 amide bonds. The molecular formula is C12H23ClN2O. The summed E-state index contributed by atoms with van der Waals surface area (Å²) in [6.45, 7) is 5.01. The van der Waals surface area contributed by atoms with Gasteiger partial charge < -0.3 is 10.2 Å². The van der Waals surface area contributed by atoms with E-state index in [4.69, 9.17) is 11.6 Å². The van der Waals surface area contributed by atoms with Gasteiger partial charge in [-0.15, -0.1) is 11.6 Å². The number of alkyl halides is 1. The molecule has 0 unspecified atom stereocenters. The van der Waals surface area contributed by atoms with Crippen LogP contribution in [-0.2, 0) is 4.79 Å². The van der Waals surface area contributed by atoms with Crippen LogP contribution in [0.15, 0.2) is 0 Å². The summed E-state index contributed by atoms with van der Waals surface area (Å²) in [4.78, 5) is 13.4. The first kappa shape index (κ1) is 13.8. The predicted molar refractivity (Wildman–Crippen MR) is 67.8 cm³/mol. The maximum atomic E-state index is 10.9. The third-order valence-corrected chi connectivity index (χ3v) is 3.37. The zero-order valence-corrected chi connectivity index (χ0v) is 10.9. The fourth-order valence-electron chi connectivity index (χ4n) is 2.20. The second-order valence-electron chi connectivity index (χ2n) is 4.57. The largest absolute Gasteiger partial charge is 0.354 e. The Balaban J connectivity index is 2.05. The summed E-state index contributed by atoms with van der Waals surface area (Å²) in [5.74, 6) is 0.880. The number of nitrogens with one attached hydrogen (secondary N) is 1. The Labute approximate surface area is 104 Å². The number of hydrogen-bond donors (Lipinski definition) is 1. The highest BCUT2D eigenvalue weighted by Gasteiger charge is 2.18. The van der Waals surface area contributed by atoms with Crippen LogP contribution in [0.2, 0.25) is 0 Å². The molecule has 0 aromatic carbocycles. The van der Waals surface area contributed by atoms with Crippen molar-refractivity contribution < 1.29 is 4.79 Å². The highest BCUT2D eigenvalue weighted by Crippen LogP contribution is 2.11. The van der Waals surface area contributed by atoms with Crippen LogP contribution >= 0.6 is 11.6 Å². The van der Waals surface area contributed by atoms with Crippen LogP contribution in [0.25, 0.3) is 0 Å². The predicted octanol–water partition coefficient (Wildman–Crippen LogP) is 2.00. The van der Waals surface area contributed by atoms with E-state index in [1.165, 1.54) is 19.4 Å². The molecule has 0 aromatic rings. The molecule has 1 aliphatic rings. The molecule has 1 saturated heterocycles. The lowest BCUT2D eigenvalue weighted by molar-refractivity contribution is -0.119. The van der Waals surface area contributed by atoms with Crippen LogP contribution < -0.4 is 5.32 Å². The standard InChI is InChI=1S/C12H23ClN2O/c1-11(16)14-12-5-9-15(10-6-12)8-4-2-3-7-13/h12H,2-10H2,1H3,(H,14,16). The van der Waals surface area contributed by atoms with E-state index in [1.807, 2.05) is 0 Å². The lowest BCUT2D eigenvalue weighted by Gasteiger charge is -2.32. The topological polar surface area (TPSA) is 32.3 Å². The van der Waals surface area contributed by atoms with E-state index in [9.17, 15) is 4.79 Å². The number of piperidine rings is 1. The van der Waals surface area contributed by atoms with Crippen molar-refractivity contribution in [3.63, 3.8) is 0 Å². The number of hydrogen-bond acceptors (Lipinski definition) is 2. The molecule has 0 radical (unpaired) electrons. The summed E-state index contributed by atoms with van der Waals surface area (Å²) in [5.41, 5.74) is 0. The molecule has 0 saturated carbocycles. The van der Waals surface area contributed by atoms with E-state index in [1.54, 1.807) is 6.92 Å². The number of rotatable bonds is 6. The third-order valence-electron chi connectivity index (χ3n) is 3.10. The molecule has 0 bridgehead atoms. The monoisotopic (exact) mass is 246 g/mol. The van der Waals surface area contributed by atoms with Gasteiger partial charge in [0.2, 0.25) is 5.91 Å². The Morgan fingerprint density at radius 1 is 1.31 bits per heavy atom. The Hall–Kier alpha value is -0.280. The van der Waals surface area contributed by atoms with E-state index < -0.39 is 0 Å². The fraction of sp³-hybridized carbons (Fsp3) is 0.917. The maximum absolute atomic E-state index is 10.9. The molecule has 4 heteroatoms. The van der Waals surface area contributed by atoms with Crippen molar-refractivity contribution in [1.29, 1.82) is 0 Å². The summed E-state index contributed by atoms with van der Waals surface area (Å²) < 4.78 is 0. The normalized spacial score (nSPS) is 18.6. The summed E-state index contributed by atoms with van der Waals surface area (Å²) >= 11 is 5.64. The number of carbonyl (C=O) groups excluding carboxylic acids is 1. The van der Waals surface area contributed by atoms with Gasteiger partial charge in [-0.1, -0.05) is 6.42 Å². The van der Waals surface area contributed by atoms with E-state index in [0.29, 0.717) is 6.04 Å². The van der Waals surface area contributed by atoms with Gasteiger partial charge in [-0.2, -0.15) is 0 Å². The Bertz CT molecular complexity index is 203. The lowest BCUT2D eigenvalue weighted by Crippen LogP contribution is -2.44. The first-order valence-corrected chi connectivity index (χ1v) is 6.81. The molecule has 0 atom stereocenters. The summed E-state index contributed by atoms with van der Waals surface area (Å²) in [6.07, 6.45) is 5.79. The van der Waals surface area contributed by atoms with Crippen LogP contribution in [0.5, 0.6) is 0 Å². The molecule has 0 spiro atoms. The Morgan fingerprint density at radius 2 is 2.00 bits per heavy atom. The average Bonchev–Trinajstić information content (AvgIpc) is 2.26. The van der Waals surface area contributed by atoms with Crippen molar-refractivity contribution in [3.8, 4) is 0 Å². The minimum atomic E-state index is 0.0977. The number of nitrogens with zero attached hydrogens (tertiary/aromatic N) is 1. The smallest absolute Gasteiger partial charge is 0.217 e. The van der Waals surface area contributed by atoms with Gasteiger partial charge in [0.15, 0.2) is 0 Å². The molecule has 1 N–H and O–H groups in total. The molecule has 1 aliphatic heterocycles. The molecule has 1 fully saturated rings. The fourth-order valence-corrected chi connectivity index (χ4v) is 2.38. The van der Waals surface area contributed by atoms with Gasteiger partial charge in [-0.25, -0.2) is 0 Å². The van der Waals surface area contributed by atoms with Crippen LogP contribution in [0.3, 0.4) is 0 Å². The second kappa shape index (κ2) is 7.91. The van der Waals surface area contributed by atoms with Crippen molar-refractivity contribution in [1.82, 2.24) is 10.2 Å². The van der Waals surface area contributed by atoms with Crippen LogP contribution in [0, 0.1) is 0 Å². The van der Waals surface area contributed by atoms with Crippen LogP contribution in [0.1, 0.15) is 39.0 Å². The van der Waals surface area contributed by atoms with Crippen molar-refractivity contribution in [2.75, 3.05) is 25.5 Å². The zero-order valence-electron chi connectivity index (χ0n) is 10.2. The highest BCUT2D eigenvalue weighted by molar-refractivity contribution is 6.17. The number of amides is 1. The van der Waals surface area contributed by atoms with E-state index >= 15 is 0 Å².